The van der Waals surface area contributed by atoms with Crippen molar-refractivity contribution in [3.05, 3.63) is 48.3 Å². The molecule has 2 rings (SSSR count). The van der Waals surface area contributed by atoms with Gasteiger partial charge in [-0.1, -0.05) is 19.1 Å². The minimum atomic E-state index is 0.987. The number of rotatable bonds is 4. The van der Waals surface area contributed by atoms with Gasteiger partial charge in [0.2, 0.25) is 0 Å². The van der Waals surface area contributed by atoms with E-state index in [0.717, 1.165) is 23.5 Å². The fraction of sp³-hybridized carbons (Fsp3) is 0.214. The molecule has 2 N–H and O–H groups in total. The Balaban J connectivity index is 2.13. The van der Waals surface area contributed by atoms with Gasteiger partial charge in [0.25, 0.3) is 0 Å². The standard InChI is InChI=1S/C14H17N3/c1-3-11-4-6-12(7-5-11)17-14-8-13(15-2)9-16-10-14/h4-10,15,17H,3H2,1-2H3. The average Bonchev–Trinajstić information content (AvgIpc) is 2.40. The van der Waals surface area contributed by atoms with Crippen LogP contribution in [0, 0.1) is 0 Å². The first-order valence-electron chi connectivity index (χ1n) is 5.80. The highest BCUT2D eigenvalue weighted by molar-refractivity contribution is 5.63. The summed E-state index contributed by atoms with van der Waals surface area (Å²) in [5.41, 5.74) is 4.41. The van der Waals surface area contributed by atoms with Gasteiger partial charge < -0.3 is 10.6 Å². The maximum atomic E-state index is 4.16. The van der Waals surface area contributed by atoms with Gasteiger partial charge in [0.1, 0.15) is 0 Å². The van der Waals surface area contributed by atoms with Gasteiger partial charge >= 0.3 is 0 Å². The molecule has 0 atom stereocenters. The zero-order valence-corrected chi connectivity index (χ0v) is 10.2. The van der Waals surface area contributed by atoms with E-state index in [1.807, 2.05) is 19.3 Å². The molecule has 0 aliphatic carbocycles. The molecule has 0 unspecified atom stereocenters. The number of nitrogens with zero attached hydrogens (tertiary/aromatic N) is 1. The number of nitrogens with one attached hydrogen (secondary N) is 2. The fourth-order valence-electron chi connectivity index (χ4n) is 1.64. The summed E-state index contributed by atoms with van der Waals surface area (Å²) in [6, 6.07) is 10.5. The molecule has 0 saturated carbocycles. The molecule has 1 heterocycles. The third-order valence-electron chi connectivity index (χ3n) is 2.68. The van der Waals surface area contributed by atoms with Crippen molar-refractivity contribution in [1.29, 1.82) is 0 Å². The van der Waals surface area contributed by atoms with E-state index in [0.29, 0.717) is 0 Å². The summed E-state index contributed by atoms with van der Waals surface area (Å²) in [4.78, 5) is 4.16. The number of anilines is 3. The largest absolute Gasteiger partial charge is 0.387 e. The van der Waals surface area contributed by atoms with Gasteiger partial charge in [-0.05, 0) is 30.2 Å². The van der Waals surface area contributed by atoms with Crippen LogP contribution in [0.2, 0.25) is 0 Å². The topological polar surface area (TPSA) is 37.0 Å². The lowest BCUT2D eigenvalue weighted by molar-refractivity contribution is 1.14. The van der Waals surface area contributed by atoms with Crippen LogP contribution in [0.4, 0.5) is 17.1 Å². The van der Waals surface area contributed by atoms with Crippen molar-refractivity contribution in [2.24, 2.45) is 0 Å². The molecule has 0 fully saturated rings. The van der Waals surface area contributed by atoms with E-state index in [2.05, 4.69) is 46.8 Å². The summed E-state index contributed by atoms with van der Waals surface area (Å²) in [7, 11) is 1.89. The molecule has 0 bridgehead atoms. The van der Waals surface area contributed by atoms with Crippen LogP contribution in [0.1, 0.15) is 12.5 Å². The van der Waals surface area contributed by atoms with E-state index in [1.165, 1.54) is 5.56 Å². The molecule has 88 valence electrons. The number of hydrogen-bond donors (Lipinski definition) is 2. The zero-order chi connectivity index (χ0) is 12.1. The molecular weight excluding hydrogens is 210 g/mol. The molecule has 0 aliphatic heterocycles. The second-order valence-corrected chi connectivity index (χ2v) is 3.89. The second kappa shape index (κ2) is 5.34. The van der Waals surface area contributed by atoms with Gasteiger partial charge in [-0.3, -0.25) is 4.98 Å². The van der Waals surface area contributed by atoms with Gasteiger partial charge in [0, 0.05) is 12.7 Å². The SMILES string of the molecule is CCc1ccc(Nc2cncc(NC)c2)cc1. The molecule has 17 heavy (non-hydrogen) atoms. The highest BCUT2D eigenvalue weighted by Gasteiger charge is 1.97. The molecule has 1 aromatic heterocycles. The predicted molar refractivity (Wildman–Crippen MR) is 72.9 cm³/mol. The van der Waals surface area contributed by atoms with Crippen molar-refractivity contribution < 1.29 is 0 Å². The Morgan fingerprint density at radius 2 is 1.71 bits per heavy atom. The zero-order valence-electron chi connectivity index (χ0n) is 10.2. The summed E-state index contributed by atoms with van der Waals surface area (Å²) in [6.07, 6.45) is 4.68. The van der Waals surface area contributed by atoms with Gasteiger partial charge in [0.05, 0.1) is 23.8 Å². The third-order valence-corrected chi connectivity index (χ3v) is 2.68. The number of hydrogen-bond acceptors (Lipinski definition) is 3. The first-order valence-corrected chi connectivity index (χ1v) is 5.80. The average molecular weight is 227 g/mol. The van der Waals surface area contributed by atoms with Crippen molar-refractivity contribution in [2.45, 2.75) is 13.3 Å². The summed E-state index contributed by atoms with van der Waals surface area (Å²) in [5.74, 6) is 0. The van der Waals surface area contributed by atoms with E-state index in [1.54, 1.807) is 6.20 Å². The van der Waals surface area contributed by atoms with E-state index < -0.39 is 0 Å². The first-order chi connectivity index (χ1) is 8.31. The van der Waals surface area contributed by atoms with Crippen molar-refractivity contribution in [2.75, 3.05) is 17.7 Å². The van der Waals surface area contributed by atoms with E-state index in [9.17, 15) is 0 Å². The lowest BCUT2D eigenvalue weighted by atomic mass is 10.1. The Morgan fingerprint density at radius 3 is 2.35 bits per heavy atom. The normalized spacial score (nSPS) is 10.0. The lowest BCUT2D eigenvalue weighted by Gasteiger charge is -2.08. The Hall–Kier alpha value is -2.03. The quantitative estimate of drug-likeness (QED) is 0.840. The number of aryl methyl sites for hydroxylation is 1. The van der Waals surface area contributed by atoms with Gasteiger partial charge in [-0.15, -0.1) is 0 Å². The van der Waals surface area contributed by atoms with Crippen molar-refractivity contribution in [3.63, 3.8) is 0 Å². The summed E-state index contributed by atoms with van der Waals surface area (Å²) >= 11 is 0. The smallest absolute Gasteiger partial charge is 0.0591 e. The Bertz CT molecular complexity index is 477. The monoisotopic (exact) mass is 227 g/mol. The van der Waals surface area contributed by atoms with Crippen LogP contribution in [0.5, 0.6) is 0 Å². The predicted octanol–water partition coefficient (Wildman–Crippen LogP) is 3.43. The molecule has 1 aromatic carbocycles. The van der Waals surface area contributed by atoms with Gasteiger partial charge in [-0.2, -0.15) is 0 Å². The number of pyridine rings is 1. The third kappa shape index (κ3) is 2.97. The highest BCUT2D eigenvalue weighted by atomic mass is 14.9. The van der Waals surface area contributed by atoms with Crippen LogP contribution >= 0.6 is 0 Å². The van der Waals surface area contributed by atoms with Crippen LogP contribution in [0.25, 0.3) is 0 Å². The van der Waals surface area contributed by atoms with Crippen LogP contribution < -0.4 is 10.6 Å². The first kappa shape index (κ1) is 11.5. The Morgan fingerprint density at radius 1 is 1.00 bits per heavy atom. The molecule has 0 radical (unpaired) electrons. The molecule has 0 saturated heterocycles. The maximum Gasteiger partial charge on any atom is 0.0591 e. The molecule has 2 aromatic rings. The van der Waals surface area contributed by atoms with Crippen molar-refractivity contribution >= 4 is 17.1 Å². The fourth-order valence-corrected chi connectivity index (χ4v) is 1.64. The molecule has 0 aliphatic rings. The maximum absolute atomic E-state index is 4.16. The molecule has 3 nitrogen and oxygen atoms in total. The Labute approximate surface area is 102 Å². The number of benzene rings is 1. The second-order valence-electron chi connectivity index (χ2n) is 3.89. The summed E-state index contributed by atoms with van der Waals surface area (Å²) < 4.78 is 0. The lowest BCUT2D eigenvalue weighted by Crippen LogP contribution is -1.94. The molecule has 0 spiro atoms. The van der Waals surface area contributed by atoms with Gasteiger partial charge in [-0.25, -0.2) is 0 Å². The summed E-state index contributed by atoms with van der Waals surface area (Å²) in [6.45, 7) is 2.16. The van der Waals surface area contributed by atoms with Crippen molar-refractivity contribution in [3.8, 4) is 0 Å². The van der Waals surface area contributed by atoms with E-state index in [4.69, 9.17) is 0 Å². The molecular formula is C14H17N3. The van der Waals surface area contributed by atoms with Crippen LogP contribution in [-0.2, 0) is 6.42 Å². The minimum absolute atomic E-state index is 0.987. The van der Waals surface area contributed by atoms with Crippen LogP contribution in [0.3, 0.4) is 0 Å². The van der Waals surface area contributed by atoms with Gasteiger partial charge in [0.15, 0.2) is 0 Å². The summed E-state index contributed by atoms with van der Waals surface area (Å²) in [5, 5.41) is 6.40. The Kier molecular flexibility index (Phi) is 3.60. The highest BCUT2D eigenvalue weighted by Crippen LogP contribution is 2.19. The van der Waals surface area contributed by atoms with E-state index in [-0.39, 0.29) is 0 Å². The van der Waals surface area contributed by atoms with Crippen molar-refractivity contribution in [1.82, 2.24) is 4.98 Å². The van der Waals surface area contributed by atoms with E-state index >= 15 is 0 Å². The molecule has 0 amide bonds. The number of aromatic nitrogens is 1. The van der Waals surface area contributed by atoms with Crippen LogP contribution in [0.15, 0.2) is 42.7 Å². The minimum Gasteiger partial charge on any atom is -0.387 e. The molecule has 3 heteroatoms. The van der Waals surface area contributed by atoms with Crippen LogP contribution in [-0.4, -0.2) is 12.0 Å².